The Morgan fingerprint density at radius 2 is 1.31 bits per heavy atom. The van der Waals surface area contributed by atoms with Gasteiger partial charge in [0.1, 0.15) is 0 Å². The molecule has 0 aliphatic rings. The standard InChI is InChI=1S/C21H37NO4/c1-6-9-12-13-14-20(4,18(23)25-15-10-7-2)21(5,17-22)19(24)26-16-11-8-3/h6-16H2,1-5H3. The van der Waals surface area contributed by atoms with E-state index in [9.17, 15) is 14.9 Å². The van der Waals surface area contributed by atoms with E-state index in [4.69, 9.17) is 9.47 Å². The van der Waals surface area contributed by atoms with Crippen molar-refractivity contribution in [2.24, 2.45) is 10.8 Å². The molecule has 150 valence electrons. The average Bonchev–Trinajstić information content (AvgIpc) is 2.64. The Hall–Kier alpha value is -1.57. The van der Waals surface area contributed by atoms with Gasteiger partial charge in [0.2, 0.25) is 0 Å². The van der Waals surface area contributed by atoms with Crippen LogP contribution in [-0.2, 0) is 19.1 Å². The zero-order valence-electron chi connectivity index (χ0n) is 17.4. The minimum atomic E-state index is -1.56. The fourth-order valence-electron chi connectivity index (χ4n) is 2.78. The number of hydrogen-bond donors (Lipinski definition) is 0. The molecule has 0 bridgehead atoms. The maximum Gasteiger partial charge on any atom is 0.327 e. The summed E-state index contributed by atoms with van der Waals surface area (Å²) in [6.45, 7) is 9.90. The normalized spacial score (nSPS) is 15.4. The van der Waals surface area contributed by atoms with Gasteiger partial charge in [-0.3, -0.25) is 9.59 Å². The third-order valence-electron chi connectivity index (χ3n) is 5.18. The summed E-state index contributed by atoms with van der Waals surface area (Å²) in [7, 11) is 0. The zero-order chi connectivity index (χ0) is 20.1. The quantitative estimate of drug-likeness (QED) is 0.312. The average molecular weight is 368 g/mol. The summed E-state index contributed by atoms with van der Waals surface area (Å²) in [5, 5.41) is 9.81. The van der Waals surface area contributed by atoms with Crippen LogP contribution in [0.3, 0.4) is 0 Å². The van der Waals surface area contributed by atoms with Crippen LogP contribution in [0.2, 0.25) is 0 Å². The molecule has 0 aromatic rings. The molecule has 0 radical (unpaired) electrons. The van der Waals surface area contributed by atoms with E-state index in [0.717, 1.165) is 51.4 Å². The lowest BCUT2D eigenvalue weighted by Crippen LogP contribution is -2.50. The van der Waals surface area contributed by atoms with Gasteiger partial charge in [-0.05, 0) is 33.1 Å². The molecule has 0 fully saturated rings. The SMILES string of the molecule is CCCCCCC(C)(C(=O)OCCCC)C(C)(C#N)C(=O)OCCCC. The van der Waals surface area contributed by atoms with Gasteiger partial charge >= 0.3 is 11.9 Å². The van der Waals surface area contributed by atoms with E-state index in [1.165, 1.54) is 6.92 Å². The maximum atomic E-state index is 12.9. The second-order valence-corrected chi connectivity index (χ2v) is 7.36. The summed E-state index contributed by atoms with van der Waals surface area (Å²) in [6, 6.07) is 2.08. The van der Waals surface area contributed by atoms with Crippen molar-refractivity contribution in [3.63, 3.8) is 0 Å². The highest BCUT2D eigenvalue weighted by atomic mass is 16.5. The number of rotatable bonds is 14. The lowest BCUT2D eigenvalue weighted by Gasteiger charge is -2.37. The highest BCUT2D eigenvalue weighted by Crippen LogP contribution is 2.45. The third kappa shape index (κ3) is 6.63. The molecule has 0 aromatic carbocycles. The van der Waals surface area contributed by atoms with Crippen LogP contribution in [0.1, 0.15) is 92.4 Å². The van der Waals surface area contributed by atoms with Crippen molar-refractivity contribution >= 4 is 11.9 Å². The van der Waals surface area contributed by atoms with Crippen molar-refractivity contribution in [2.75, 3.05) is 13.2 Å². The number of carbonyl (C=O) groups excluding carboxylic acids is 2. The maximum absolute atomic E-state index is 12.9. The Balaban J connectivity index is 5.43. The van der Waals surface area contributed by atoms with Gasteiger partial charge in [-0.15, -0.1) is 0 Å². The van der Waals surface area contributed by atoms with Crippen molar-refractivity contribution in [2.45, 2.75) is 92.4 Å². The fourth-order valence-corrected chi connectivity index (χ4v) is 2.78. The first-order valence-electron chi connectivity index (χ1n) is 10.1. The summed E-state index contributed by atoms with van der Waals surface area (Å²) in [5.41, 5.74) is -2.78. The van der Waals surface area contributed by atoms with Gasteiger partial charge < -0.3 is 9.47 Å². The van der Waals surface area contributed by atoms with Crippen LogP contribution in [0.15, 0.2) is 0 Å². The van der Waals surface area contributed by atoms with Gasteiger partial charge in [0, 0.05) is 0 Å². The molecular formula is C21H37NO4. The van der Waals surface area contributed by atoms with E-state index in [1.807, 2.05) is 13.8 Å². The number of unbranched alkanes of at least 4 members (excludes halogenated alkanes) is 5. The Morgan fingerprint density at radius 1 is 0.808 bits per heavy atom. The molecule has 0 N–H and O–H groups in total. The topological polar surface area (TPSA) is 76.4 Å². The number of carbonyl (C=O) groups is 2. The number of hydrogen-bond acceptors (Lipinski definition) is 5. The predicted molar refractivity (Wildman–Crippen MR) is 102 cm³/mol. The molecule has 2 atom stereocenters. The molecule has 5 nitrogen and oxygen atoms in total. The molecule has 0 aromatic heterocycles. The van der Waals surface area contributed by atoms with Gasteiger partial charge in [-0.25, -0.2) is 0 Å². The second kappa shape index (κ2) is 12.7. The van der Waals surface area contributed by atoms with Crippen LogP contribution < -0.4 is 0 Å². The number of esters is 2. The van der Waals surface area contributed by atoms with Gasteiger partial charge in [-0.2, -0.15) is 5.26 Å². The van der Waals surface area contributed by atoms with E-state index in [1.54, 1.807) is 6.92 Å². The fraction of sp³-hybridized carbons (Fsp3) is 0.857. The van der Waals surface area contributed by atoms with Crippen molar-refractivity contribution in [1.82, 2.24) is 0 Å². The van der Waals surface area contributed by atoms with Crippen LogP contribution in [-0.4, -0.2) is 25.2 Å². The van der Waals surface area contributed by atoms with Gasteiger partial charge in [0.25, 0.3) is 0 Å². The molecule has 0 heterocycles. The molecule has 0 saturated heterocycles. The Morgan fingerprint density at radius 3 is 1.77 bits per heavy atom. The van der Waals surface area contributed by atoms with Crippen molar-refractivity contribution in [1.29, 1.82) is 5.26 Å². The van der Waals surface area contributed by atoms with Crippen LogP contribution in [0.4, 0.5) is 0 Å². The van der Waals surface area contributed by atoms with E-state index in [0.29, 0.717) is 13.0 Å². The summed E-state index contributed by atoms with van der Waals surface area (Å²) in [4.78, 5) is 25.6. The van der Waals surface area contributed by atoms with Crippen molar-refractivity contribution < 1.29 is 19.1 Å². The molecule has 0 amide bonds. The molecule has 2 unspecified atom stereocenters. The van der Waals surface area contributed by atoms with Crippen LogP contribution in [0, 0.1) is 22.2 Å². The van der Waals surface area contributed by atoms with Crippen LogP contribution in [0.25, 0.3) is 0 Å². The number of ether oxygens (including phenoxy) is 2. The minimum Gasteiger partial charge on any atom is -0.465 e. The molecule has 0 spiro atoms. The highest BCUT2D eigenvalue weighted by Gasteiger charge is 2.57. The van der Waals surface area contributed by atoms with Gasteiger partial charge in [0.15, 0.2) is 5.41 Å². The Bertz CT molecular complexity index is 471. The number of nitrogens with zero attached hydrogens (tertiary/aromatic N) is 1. The Kier molecular flexibility index (Phi) is 12.0. The molecule has 26 heavy (non-hydrogen) atoms. The summed E-state index contributed by atoms with van der Waals surface area (Å²) in [5.74, 6) is -1.10. The summed E-state index contributed by atoms with van der Waals surface area (Å²) >= 11 is 0. The van der Waals surface area contributed by atoms with E-state index < -0.39 is 22.8 Å². The molecule has 0 saturated carbocycles. The molecule has 0 aliphatic carbocycles. The largest absolute Gasteiger partial charge is 0.465 e. The predicted octanol–water partition coefficient (Wildman–Crippen LogP) is 5.18. The minimum absolute atomic E-state index is 0.267. The summed E-state index contributed by atoms with van der Waals surface area (Å²) < 4.78 is 10.7. The van der Waals surface area contributed by atoms with Gasteiger partial charge in [-0.1, -0.05) is 59.3 Å². The van der Waals surface area contributed by atoms with Crippen LogP contribution in [0.5, 0.6) is 0 Å². The van der Waals surface area contributed by atoms with E-state index in [-0.39, 0.29) is 6.61 Å². The molecule has 0 aliphatic heterocycles. The Labute approximate surface area is 159 Å². The first-order chi connectivity index (χ1) is 12.3. The highest BCUT2D eigenvalue weighted by molar-refractivity contribution is 5.90. The lowest BCUT2D eigenvalue weighted by molar-refractivity contribution is -0.174. The van der Waals surface area contributed by atoms with Crippen molar-refractivity contribution in [3.05, 3.63) is 0 Å². The lowest BCUT2D eigenvalue weighted by atomic mass is 9.63. The first-order valence-corrected chi connectivity index (χ1v) is 10.1. The van der Waals surface area contributed by atoms with E-state index in [2.05, 4.69) is 13.0 Å². The molecular weight excluding hydrogens is 330 g/mol. The van der Waals surface area contributed by atoms with Gasteiger partial charge in [0.05, 0.1) is 24.7 Å². The summed E-state index contributed by atoms with van der Waals surface area (Å²) in [6.07, 6.45) is 7.61. The monoisotopic (exact) mass is 367 g/mol. The smallest absolute Gasteiger partial charge is 0.327 e. The van der Waals surface area contributed by atoms with E-state index >= 15 is 0 Å². The zero-order valence-corrected chi connectivity index (χ0v) is 17.4. The second-order valence-electron chi connectivity index (χ2n) is 7.36. The first kappa shape index (κ1) is 24.4. The number of nitriles is 1. The third-order valence-corrected chi connectivity index (χ3v) is 5.18. The molecule has 5 heteroatoms. The van der Waals surface area contributed by atoms with Crippen LogP contribution >= 0.6 is 0 Å². The van der Waals surface area contributed by atoms with Crippen molar-refractivity contribution in [3.8, 4) is 6.07 Å². The molecule has 0 rings (SSSR count).